The van der Waals surface area contributed by atoms with E-state index in [1.54, 1.807) is 39.0 Å². The monoisotopic (exact) mass is 932 g/mol. The number of carbonyl (C=O) groups is 3. The number of nitrogens with one attached hydrogen (secondary N) is 3. The minimum absolute atomic E-state index is 0. The molecule has 3 aliphatic rings. The lowest BCUT2D eigenvalue weighted by Crippen LogP contribution is -2.58. The summed E-state index contributed by atoms with van der Waals surface area (Å²) in [5.41, 5.74) is -2.74. The van der Waals surface area contributed by atoms with Crippen LogP contribution in [0.25, 0.3) is 22.0 Å². The number of amides is 3. The van der Waals surface area contributed by atoms with Gasteiger partial charge in [0, 0.05) is 45.1 Å². The SMILES string of the molecule is C=C[C@@H]1C[C@]1(NC(=O)[C@@H]1C[C@@H](Oc2ncc(OC)c3ccc(Cl)cc23)CN1C(=O)[C@@H](Nc1nc(-c2cc(F)c(F)cc2F)cs1)C(C)(C)C)C(=O)NS(=O)(=O)C1CC1.Cl.Cl. The minimum Gasteiger partial charge on any atom is -0.494 e. The molecule has 0 unspecified atom stereocenters. The third-order valence-electron chi connectivity index (χ3n) is 10.5. The molecular weight excluding hydrogens is 892 g/mol. The Labute approximate surface area is 365 Å². The number of anilines is 1. The third kappa shape index (κ3) is 9.27. The Kier molecular flexibility index (Phi) is 13.7. The summed E-state index contributed by atoms with van der Waals surface area (Å²) >= 11 is 7.35. The molecule has 2 aromatic carbocycles. The van der Waals surface area contributed by atoms with Crippen molar-refractivity contribution >= 4 is 91.4 Å². The van der Waals surface area contributed by atoms with Gasteiger partial charge in [-0.15, -0.1) is 42.7 Å². The maximum atomic E-state index is 14.8. The molecule has 4 aromatic rings. The van der Waals surface area contributed by atoms with E-state index in [-0.39, 0.29) is 66.5 Å². The number of aromatic nitrogens is 2. The summed E-state index contributed by atoms with van der Waals surface area (Å²) in [6.45, 7) is 8.97. The fourth-order valence-electron chi connectivity index (χ4n) is 7.09. The molecule has 2 aliphatic carbocycles. The van der Waals surface area contributed by atoms with E-state index in [9.17, 15) is 36.0 Å². The van der Waals surface area contributed by atoms with Gasteiger partial charge in [0.05, 0.1) is 30.8 Å². The van der Waals surface area contributed by atoms with Gasteiger partial charge in [-0.05, 0) is 48.9 Å². The molecule has 13 nitrogen and oxygen atoms in total. The number of nitrogens with zero attached hydrogens (tertiary/aromatic N) is 3. The molecule has 0 spiro atoms. The Morgan fingerprint density at radius 2 is 1.78 bits per heavy atom. The highest BCUT2D eigenvalue weighted by atomic mass is 35.5. The van der Waals surface area contributed by atoms with Crippen LogP contribution >= 0.6 is 47.8 Å². The lowest BCUT2D eigenvalue weighted by atomic mass is 9.85. The third-order valence-corrected chi connectivity index (χ3v) is 13.4. The van der Waals surface area contributed by atoms with Gasteiger partial charge in [0.15, 0.2) is 16.8 Å². The maximum absolute atomic E-state index is 14.8. The standard InChI is InChI=1S/C39H40ClF3N6O7S2.2ClH/c1-6-19-15-39(19,36(52)48-58(53,54)22-8-9-22)47-33(50)30-12-21(56-34-24-11-20(40)7-10-23(24)31(55-5)16-44-34)17-49(30)35(51)32(38(2,3)4)46-37-45-29(18-57-37)25-13-27(42)28(43)14-26(25)41;;/h6-7,10-11,13-14,16,18-19,21-22,30,32H,1,8-9,12,15,17H2,2-5H3,(H,45,46)(H,47,50)(H,48,52);2*1H/t19-,21-,30+,32-,39-;;/m1../s1. The van der Waals surface area contributed by atoms with Crippen molar-refractivity contribution < 1.29 is 45.4 Å². The molecule has 0 bridgehead atoms. The number of benzene rings is 2. The van der Waals surface area contributed by atoms with Gasteiger partial charge in [0.1, 0.15) is 35.3 Å². The van der Waals surface area contributed by atoms with E-state index in [1.807, 2.05) is 0 Å². The van der Waals surface area contributed by atoms with Crippen molar-refractivity contribution in [1.82, 2.24) is 24.9 Å². The molecule has 2 aromatic heterocycles. The number of likely N-dealkylation sites (tertiary alicyclic amines) is 1. The van der Waals surface area contributed by atoms with Crippen LogP contribution in [0.4, 0.5) is 18.3 Å². The van der Waals surface area contributed by atoms with Gasteiger partial charge in [-0.3, -0.25) is 19.1 Å². The first-order chi connectivity index (χ1) is 27.3. The number of carbonyl (C=O) groups excluding carboxylic acids is 3. The Morgan fingerprint density at radius 1 is 1.08 bits per heavy atom. The molecule has 0 radical (unpaired) electrons. The quantitative estimate of drug-likeness (QED) is 0.0956. The molecule has 3 amide bonds. The molecule has 324 valence electrons. The second-order valence-corrected chi connectivity index (χ2v) is 19.0. The van der Waals surface area contributed by atoms with Crippen LogP contribution in [-0.2, 0) is 24.4 Å². The molecule has 5 atom stereocenters. The number of halogens is 6. The predicted molar refractivity (Wildman–Crippen MR) is 226 cm³/mol. The smallest absolute Gasteiger partial charge is 0.259 e. The van der Waals surface area contributed by atoms with Crippen molar-refractivity contribution in [3.05, 3.63) is 77.0 Å². The molecule has 3 N–H and O–H groups in total. The zero-order valence-corrected chi connectivity index (χ0v) is 36.6. The highest BCUT2D eigenvalue weighted by molar-refractivity contribution is 7.91. The van der Waals surface area contributed by atoms with Crippen molar-refractivity contribution in [2.24, 2.45) is 11.3 Å². The highest BCUT2D eigenvalue weighted by Gasteiger charge is 2.62. The van der Waals surface area contributed by atoms with Crippen LogP contribution in [0.1, 0.15) is 46.5 Å². The fraction of sp³-hybridized carbons (Fsp3) is 0.410. The van der Waals surface area contributed by atoms with E-state index >= 15 is 0 Å². The van der Waals surface area contributed by atoms with Crippen LogP contribution in [0.3, 0.4) is 0 Å². The number of rotatable bonds is 13. The van der Waals surface area contributed by atoms with Gasteiger partial charge < -0.3 is 25.0 Å². The lowest BCUT2D eigenvalue weighted by Gasteiger charge is -2.35. The first kappa shape index (κ1) is 46.7. The van der Waals surface area contributed by atoms with Crippen molar-refractivity contribution in [2.45, 2.75) is 75.4 Å². The molecule has 21 heteroatoms. The van der Waals surface area contributed by atoms with Gasteiger partial charge in [-0.1, -0.05) is 38.4 Å². The molecule has 2 saturated carbocycles. The van der Waals surface area contributed by atoms with Gasteiger partial charge in [-0.2, -0.15) is 0 Å². The topological polar surface area (TPSA) is 169 Å². The van der Waals surface area contributed by atoms with E-state index in [1.165, 1.54) is 29.7 Å². The number of pyridine rings is 1. The second-order valence-electron chi connectivity index (χ2n) is 15.7. The molecule has 7 rings (SSSR count). The number of ether oxygens (including phenoxy) is 2. The number of methoxy groups -OCH3 is 1. The van der Waals surface area contributed by atoms with Gasteiger partial charge in [-0.25, -0.2) is 31.6 Å². The largest absolute Gasteiger partial charge is 0.494 e. The van der Waals surface area contributed by atoms with Crippen LogP contribution in [0.5, 0.6) is 11.6 Å². The van der Waals surface area contributed by atoms with Crippen LogP contribution in [0.15, 0.2) is 54.6 Å². The first-order valence-corrected chi connectivity index (χ1v) is 21.1. The molecular formula is C39H42Cl3F3N6O7S2. The van der Waals surface area contributed by atoms with Gasteiger partial charge in [0.25, 0.3) is 5.91 Å². The van der Waals surface area contributed by atoms with E-state index in [0.717, 1.165) is 11.3 Å². The average Bonchev–Trinajstić information content (AvgIpc) is 4.05. The number of fused-ring (bicyclic) bond motifs is 1. The summed E-state index contributed by atoms with van der Waals surface area (Å²) < 4.78 is 81.9. The van der Waals surface area contributed by atoms with Crippen molar-refractivity contribution in [1.29, 1.82) is 0 Å². The molecule has 1 saturated heterocycles. The molecule has 1 aliphatic heterocycles. The predicted octanol–water partition coefficient (Wildman–Crippen LogP) is 6.83. The van der Waals surface area contributed by atoms with Crippen molar-refractivity contribution in [2.75, 3.05) is 19.0 Å². The molecule has 3 fully saturated rings. The van der Waals surface area contributed by atoms with Gasteiger partial charge >= 0.3 is 0 Å². The van der Waals surface area contributed by atoms with Crippen LogP contribution in [0, 0.1) is 28.8 Å². The fourth-order valence-corrected chi connectivity index (χ4v) is 9.37. The number of hydrogen-bond acceptors (Lipinski definition) is 11. The van der Waals surface area contributed by atoms with E-state index in [4.69, 9.17) is 21.1 Å². The Morgan fingerprint density at radius 3 is 2.42 bits per heavy atom. The Hall–Kier alpha value is -4.36. The zero-order chi connectivity index (χ0) is 41.9. The normalized spacial score (nSPS) is 21.5. The number of sulfonamides is 1. The molecule has 60 heavy (non-hydrogen) atoms. The van der Waals surface area contributed by atoms with E-state index in [2.05, 4.69) is 31.9 Å². The molecule has 3 heterocycles. The van der Waals surface area contributed by atoms with Crippen LogP contribution in [0.2, 0.25) is 5.02 Å². The number of thiazole rings is 1. The van der Waals surface area contributed by atoms with Gasteiger partial charge in [0.2, 0.25) is 27.7 Å². The Balaban J connectivity index is 0.00000341. The maximum Gasteiger partial charge on any atom is 0.259 e. The summed E-state index contributed by atoms with van der Waals surface area (Å²) in [4.78, 5) is 52.9. The number of hydrogen-bond donors (Lipinski definition) is 3. The van der Waals surface area contributed by atoms with E-state index in [0.29, 0.717) is 46.5 Å². The summed E-state index contributed by atoms with van der Waals surface area (Å²) in [5.74, 6) is -5.76. The second kappa shape index (κ2) is 17.6. The summed E-state index contributed by atoms with van der Waals surface area (Å²) in [6, 6.07) is 3.90. The summed E-state index contributed by atoms with van der Waals surface area (Å²) in [6.07, 6.45) is 3.00. The summed E-state index contributed by atoms with van der Waals surface area (Å²) in [5, 5.41) is 8.34. The van der Waals surface area contributed by atoms with Crippen LogP contribution < -0.4 is 24.8 Å². The lowest BCUT2D eigenvalue weighted by molar-refractivity contribution is -0.141. The minimum atomic E-state index is -3.95. The first-order valence-electron chi connectivity index (χ1n) is 18.3. The zero-order valence-electron chi connectivity index (χ0n) is 32.6. The van der Waals surface area contributed by atoms with E-state index < -0.39 is 85.5 Å². The Bertz CT molecular complexity index is 2450. The average molecular weight is 934 g/mol. The van der Waals surface area contributed by atoms with Crippen LogP contribution in [-0.4, -0.2) is 83.6 Å². The van der Waals surface area contributed by atoms with Crippen molar-refractivity contribution in [3.8, 4) is 22.9 Å². The van der Waals surface area contributed by atoms with Crippen molar-refractivity contribution in [3.63, 3.8) is 0 Å². The highest BCUT2D eigenvalue weighted by Crippen LogP contribution is 2.46. The summed E-state index contributed by atoms with van der Waals surface area (Å²) in [7, 11) is -2.46.